The first-order chi connectivity index (χ1) is 22.3. The van der Waals surface area contributed by atoms with Crippen LogP contribution >= 0.6 is 0 Å². The van der Waals surface area contributed by atoms with Gasteiger partial charge in [0.2, 0.25) is 5.88 Å². The summed E-state index contributed by atoms with van der Waals surface area (Å²) in [5.41, 5.74) is 1.14. The number of aliphatic hydroxyl groups is 1. The maximum atomic E-state index is 13.2. The Morgan fingerprint density at radius 3 is 2.61 bits per heavy atom. The molecule has 2 saturated carbocycles. The van der Waals surface area contributed by atoms with Crippen molar-refractivity contribution in [1.29, 1.82) is 5.41 Å². The van der Waals surface area contributed by atoms with E-state index in [1.807, 2.05) is 12.1 Å². The molecule has 4 heterocycles. The highest BCUT2D eigenvalue weighted by Crippen LogP contribution is 2.46. The zero-order chi connectivity index (χ0) is 31.9. The normalized spacial score (nSPS) is 28.8. The van der Waals surface area contributed by atoms with E-state index in [9.17, 15) is 15.3 Å². The van der Waals surface area contributed by atoms with E-state index in [0.717, 1.165) is 64.8 Å². The minimum absolute atomic E-state index is 0.0933. The first kappa shape index (κ1) is 31.3. The standard InChI is InChI=1S/C36H48N6O4/c1-25(28-13-9-17-40(28)2)46-31-20-30(41-18-19-42(35(22-41)23-45-24-35)21-26-10-4-3-5-11-26)38-34(39-31)32(44)27-12-8-16-36(33(27)37)15-7-6-14-29(36)43/h3-5,10-11,20,25,28,37,44H,6-9,12-19,21-24H2,1-2H3/b32-27-,37-33?/t25-,28-,36+/m0/s1. The van der Waals surface area contributed by atoms with Crippen LogP contribution in [0.5, 0.6) is 5.88 Å². The van der Waals surface area contributed by atoms with Crippen molar-refractivity contribution in [2.24, 2.45) is 5.41 Å². The Balaban J connectivity index is 1.21. The van der Waals surface area contributed by atoms with E-state index in [1.165, 1.54) is 5.56 Å². The highest BCUT2D eigenvalue weighted by Gasteiger charge is 2.49. The monoisotopic (exact) mass is 628 g/mol. The molecule has 5 fully saturated rings. The van der Waals surface area contributed by atoms with Gasteiger partial charge in [0, 0.05) is 50.3 Å². The number of carbonyl (C=O) groups is 1. The third-order valence-corrected chi connectivity index (χ3v) is 11.3. The van der Waals surface area contributed by atoms with Crippen LogP contribution in [0.1, 0.15) is 76.1 Å². The van der Waals surface area contributed by atoms with Crippen LogP contribution in [0.15, 0.2) is 42.0 Å². The third-order valence-electron chi connectivity index (χ3n) is 11.3. The molecular formula is C36H48N6O4. The fourth-order valence-corrected chi connectivity index (χ4v) is 8.51. The minimum atomic E-state index is -0.788. The van der Waals surface area contributed by atoms with Gasteiger partial charge in [0.15, 0.2) is 11.6 Å². The van der Waals surface area contributed by atoms with Gasteiger partial charge in [-0.3, -0.25) is 14.6 Å². The van der Waals surface area contributed by atoms with Crippen LogP contribution in [-0.2, 0) is 16.1 Å². The molecule has 0 radical (unpaired) electrons. The number of aromatic nitrogens is 2. The topological polar surface area (TPSA) is 115 Å². The second-order valence-corrected chi connectivity index (χ2v) is 14.2. The molecule has 10 nitrogen and oxygen atoms in total. The summed E-state index contributed by atoms with van der Waals surface area (Å²) in [5.74, 6) is 1.35. The molecule has 0 unspecified atom stereocenters. The molecule has 1 aromatic carbocycles. The van der Waals surface area contributed by atoms with Gasteiger partial charge >= 0.3 is 0 Å². The van der Waals surface area contributed by atoms with E-state index in [-0.39, 0.29) is 40.8 Å². The van der Waals surface area contributed by atoms with Gasteiger partial charge < -0.3 is 24.9 Å². The van der Waals surface area contributed by atoms with Crippen LogP contribution in [0, 0.1) is 10.8 Å². The number of anilines is 1. The van der Waals surface area contributed by atoms with Crippen LogP contribution < -0.4 is 9.64 Å². The number of aliphatic hydroxyl groups excluding tert-OH is 1. The van der Waals surface area contributed by atoms with E-state index in [0.29, 0.717) is 56.2 Å². The molecule has 2 N–H and O–H groups in total. The molecule has 0 amide bonds. The quantitative estimate of drug-likeness (QED) is 0.408. The van der Waals surface area contributed by atoms with Gasteiger partial charge in [0.1, 0.15) is 17.7 Å². The molecule has 1 aromatic heterocycles. The van der Waals surface area contributed by atoms with Gasteiger partial charge in [-0.1, -0.05) is 36.8 Å². The summed E-state index contributed by atoms with van der Waals surface area (Å²) in [6.45, 7) is 7.66. The molecule has 3 saturated heterocycles. The number of ketones is 1. The summed E-state index contributed by atoms with van der Waals surface area (Å²) in [6, 6.07) is 12.8. The zero-order valence-electron chi connectivity index (χ0n) is 27.3. The number of allylic oxidation sites excluding steroid dienone is 1. The van der Waals surface area contributed by atoms with Gasteiger partial charge in [0.05, 0.1) is 29.9 Å². The molecule has 46 heavy (non-hydrogen) atoms. The van der Waals surface area contributed by atoms with Crippen molar-refractivity contribution in [1.82, 2.24) is 19.8 Å². The van der Waals surface area contributed by atoms with Crippen molar-refractivity contribution in [3.05, 3.63) is 53.4 Å². The number of likely N-dealkylation sites (tertiary alicyclic amines) is 1. The lowest BCUT2D eigenvalue weighted by Gasteiger charge is -2.55. The molecule has 246 valence electrons. The average Bonchev–Trinajstić information content (AvgIpc) is 3.49. The summed E-state index contributed by atoms with van der Waals surface area (Å²) in [6.07, 6.45) is 7.09. The lowest BCUT2D eigenvalue weighted by molar-refractivity contribution is -0.146. The van der Waals surface area contributed by atoms with E-state index in [1.54, 1.807) is 0 Å². The van der Waals surface area contributed by atoms with Gasteiger partial charge in [-0.15, -0.1) is 0 Å². The molecule has 3 aliphatic heterocycles. The van der Waals surface area contributed by atoms with E-state index >= 15 is 0 Å². The number of likely N-dealkylation sites (N-methyl/N-ethyl adjacent to an activating group) is 1. The van der Waals surface area contributed by atoms with Crippen molar-refractivity contribution in [3.63, 3.8) is 0 Å². The summed E-state index contributed by atoms with van der Waals surface area (Å²) in [5, 5.41) is 21.0. The molecule has 3 atom stereocenters. The van der Waals surface area contributed by atoms with Crippen molar-refractivity contribution in [2.45, 2.75) is 88.9 Å². The Bertz CT molecular complexity index is 1490. The summed E-state index contributed by atoms with van der Waals surface area (Å²) in [7, 11) is 2.14. The smallest absolute Gasteiger partial charge is 0.219 e. The van der Waals surface area contributed by atoms with Gasteiger partial charge in [0.25, 0.3) is 0 Å². The summed E-state index contributed by atoms with van der Waals surface area (Å²) >= 11 is 0. The molecule has 0 bridgehead atoms. The molecule has 2 aliphatic carbocycles. The minimum Gasteiger partial charge on any atom is -0.504 e. The number of hydrogen-bond donors (Lipinski definition) is 2. The fraction of sp³-hybridized carbons (Fsp3) is 0.611. The van der Waals surface area contributed by atoms with Crippen molar-refractivity contribution in [2.75, 3.05) is 51.3 Å². The molecule has 5 aliphatic rings. The first-order valence-electron chi connectivity index (χ1n) is 17.2. The molecule has 10 heteroatoms. The largest absolute Gasteiger partial charge is 0.504 e. The SMILES string of the molecule is C[C@H](Oc1cc(N2CCN(Cc3ccccc3)C3(COC3)C2)nc(/C(O)=C2\CCC[C@@]3(CCCCC3=O)C2=N)n1)[C@@H]1CCCN1C. The zero-order valence-corrected chi connectivity index (χ0v) is 27.3. The second-order valence-electron chi connectivity index (χ2n) is 14.2. The van der Waals surface area contributed by atoms with Crippen LogP contribution in [0.2, 0.25) is 0 Å². The second kappa shape index (κ2) is 12.7. The number of benzene rings is 1. The number of nitrogens with zero attached hydrogens (tertiary/aromatic N) is 5. The summed E-state index contributed by atoms with van der Waals surface area (Å²) < 4.78 is 12.3. The third kappa shape index (κ3) is 5.73. The van der Waals surface area contributed by atoms with Gasteiger partial charge in [-0.05, 0) is 71.0 Å². The number of nitrogens with one attached hydrogen (secondary N) is 1. The predicted molar refractivity (Wildman–Crippen MR) is 177 cm³/mol. The van der Waals surface area contributed by atoms with Gasteiger partial charge in [-0.25, -0.2) is 4.98 Å². The Labute approximate surface area is 272 Å². The van der Waals surface area contributed by atoms with Crippen LogP contribution in [-0.4, -0.2) is 100 Å². The molecule has 2 aromatic rings. The van der Waals surface area contributed by atoms with Gasteiger partial charge in [-0.2, -0.15) is 4.98 Å². The number of ether oxygens (including phenoxy) is 2. The predicted octanol–water partition coefficient (Wildman–Crippen LogP) is 5.03. The number of Topliss-reactive ketones (excluding diaryl/α,β-unsaturated/α-hetero) is 1. The van der Waals surface area contributed by atoms with Crippen molar-refractivity contribution in [3.8, 4) is 5.88 Å². The van der Waals surface area contributed by atoms with E-state index < -0.39 is 5.41 Å². The maximum Gasteiger partial charge on any atom is 0.219 e. The number of carbonyl (C=O) groups excluding carboxylic acids is 1. The Kier molecular flexibility index (Phi) is 8.63. The lowest BCUT2D eigenvalue weighted by Crippen LogP contribution is -2.71. The van der Waals surface area contributed by atoms with Crippen molar-refractivity contribution >= 4 is 23.1 Å². The van der Waals surface area contributed by atoms with E-state index in [2.05, 4.69) is 52.9 Å². The number of hydrogen-bond acceptors (Lipinski definition) is 10. The van der Waals surface area contributed by atoms with Crippen LogP contribution in [0.25, 0.3) is 5.76 Å². The number of rotatable bonds is 7. The Morgan fingerprint density at radius 1 is 1.09 bits per heavy atom. The average molecular weight is 629 g/mol. The Hall–Kier alpha value is -3.34. The molecule has 7 rings (SSSR count). The fourth-order valence-electron chi connectivity index (χ4n) is 8.51. The summed E-state index contributed by atoms with van der Waals surface area (Å²) in [4.78, 5) is 30.0. The lowest BCUT2D eigenvalue weighted by atomic mass is 9.62. The van der Waals surface area contributed by atoms with Crippen LogP contribution in [0.4, 0.5) is 5.82 Å². The van der Waals surface area contributed by atoms with E-state index in [4.69, 9.17) is 19.4 Å². The van der Waals surface area contributed by atoms with Crippen LogP contribution in [0.3, 0.4) is 0 Å². The highest BCUT2D eigenvalue weighted by molar-refractivity contribution is 6.18. The maximum absolute atomic E-state index is 13.2. The molecular weight excluding hydrogens is 580 g/mol. The Morgan fingerprint density at radius 2 is 1.89 bits per heavy atom. The highest BCUT2D eigenvalue weighted by atomic mass is 16.5. The number of piperazine rings is 1. The van der Waals surface area contributed by atoms with Crippen molar-refractivity contribution < 1.29 is 19.4 Å². The first-order valence-corrected chi connectivity index (χ1v) is 17.2. The molecule has 2 spiro atoms.